The molecular weight excluding hydrogens is 467 g/mol. The number of anilines is 1. The Labute approximate surface area is 198 Å². The molecule has 0 aliphatic heterocycles. The number of benzene rings is 3. The summed E-state index contributed by atoms with van der Waals surface area (Å²) < 4.78 is 5.76. The van der Waals surface area contributed by atoms with Crippen molar-refractivity contribution >= 4 is 40.5 Å². The molecule has 0 spiro atoms. The lowest BCUT2D eigenvalue weighted by Crippen LogP contribution is -2.12. The van der Waals surface area contributed by atoms with Crippen molar-refractivity contribution in [1.82, 2.24) is 10.2 Å². The molecule has 0 fully saturated rings. The topological polar surface area (TPSA) is 110 Å². The van der Waals surface area contributed by atoms with Crippen molar-refractivity contribution in [3.8, 4) is 22.8 Å². The molecule has 10 heteroatoms. The molecule has 8 nitrogen and oxygen atoms in total. The summed E-state index contributed by atoms with van der Waals surface area (Å²) in [5.74, 6) is 0.125. The highest BCUT2D eigenvalue weighted by atomic mass is 35.5. The fraction of sp³-hybridized carbons (Fsp3) is 0.0435. The van der Waals surface area contributed by atoms with Crippen LogP contribution in [0.2, 0.25) is 10.0 Å². The van der Waals surface area contributed by atoms with Gasteiger partial charge in [0.05, 0.1) is 22.4 Å². The van der Waals surface area contributed by atoms with Crippen molar-refractivity contribution < 1.29 is 14.5 Å². The zero-order valence-corrected chi connectivity index (χ0v) is 18.6. The van der Waals surface area contributed by atoms with Crippen LogP contribution in [0.4, 0.5) is 11.4 Å². The lowest BCUT2D eigenvalue weighted by Gasteiger charge is -2.10. The Morgan fingerprint density at radius 2 is 1.79 bits per heavy atom. The van der Waals surface area contributed by atoms with Gasteiger partial charge in [-0.3, -0.25) is 20.0 Å². The van der Waals surface area contributed by atoms with Crippen LogP contribution in [0.1, 0.15) is 16.1 Å². The van der Waals surface area contributed by atoms with Gasteiger partial charge in [0, 0.05) is 27.7 Å². The molecule has 3 aromatic carbocycles. The van der Waals surface area contributed by atoms with Crippen molar-refractivity contribution in [2.24, 2.45) is 0 Å². The Kier molecular flexibility index (Phi) is 6.30. The van der Waals surface area contributed by atoms with Gasteiger partial charge >= 0.3 is 0 Å². The average molecular weight is 483 g/mol. The van der Waals surface area contributed by atoms with Gasteiger partial charge in [0.1, 0.15) is 17.2 Å². The molecule has 1 aromatic heterocycles. The van der Waals surface area contributed by atoms with Gasteiger partial charge in [-0.05, 0) is 48.9 Å². The standard InChI is InChI=1S/C23H16Cl2N4O4/c1-13-8-18(6-7-20(13)25)33-19-10-16(9-17(11-19)29(31)32)26-23(30)22-12-21(27-28-22)14-2-4-15(24)5-3-14/h2-12H,1H3,(H,26,30)(H,27,28). The minimum Gasteiger partial charge on any atom is -0.457 e. The molecule has 0 unspecified atom stereocenters. The Hall–Kier alpha value is -3.88. The molecule has 0 atom stereocenters. The number of H-pyrrole nitrogens is 1. The third-order valence-corrected chi connectivity index (χ3v) is 5.36. The van der Waals surface area contributed by atoms with Gasteiger partial charge in [-0.25, -0.2) is 0 Å². The summed E-state index contributed by atoms with van der Waals surface area (Å²) in [7, 11) is 0. The van der Waals surface area contributed by atoms with Crippen LogP contribution in [0.15, 0.2) is 66.7 Å². The minimum atomic E-state index is -0.565. The molecule has 0 saturated carbocycles. The highest BCUT2D eigenvalue weighted by molar-refractivity contribution is 6.31. The molecule has 1 heterocycles. The van der Waals surface area contributed by atoms with Crippen LogP contribution in [-0.2, 0) is 0 Å². The highest BCUT2D eigenvalue weighted by Gasteiger charge is 2.16. The summed E-state index contributed by atoms with van der Waals surface area (Å²) >= 11 is 11.9. The summed E-state index contributed by atoms with van der Waals surface area (Å²) in [5, 5.41) is 22.0. The van der Waals surface area contributed by atoms with Crippen molar-refractivity contribution in [2.75, 3.05) is 5.32 Å². The lowest BCUT2D eigenvalue weighted by atomic mass is 10.1. The summed E-state index contributed by atoms with van der Waals surface area (Å²) in [6.07, 6.45) is 0. The zero-order valence-electron chi connectivity index (χ0n) is 17.1. The van der Waals surface area contributed by atoms with E-state index in [1.807, 2.05) is 6.92 Å². The van der Waals surface area contributed by atoms with Crippen LogP contribution in [0, 0.1) is 17.0 Å². The van der Waals surface area contributed by atoms with Crippen LogP contribution in [-0.4, -0.2) is 21.0 Å². The minimum absolute atomic E-state index is 0.183. The maximum atomic E-state index is 12.7. The van der Waals surface area contributed by atoms with E-state index < -0.39 is 10.8 Å². The molecule has 0 saturated heterocycles. The Morgan fingerprint density at radius 1 is 1.03 bits per heavy atom. The molecule has 33 heavy (non-hydrogen) atoms. The van der Waals surface area contributed by atoms with Crippen molar-refractivity contribution in [3.05, 3.63) is 98.1 Å². The second kappa shape index (κ2) is 9.32. The normalized spacial score (nSPS) is 10.6. The number of nitrogens with one attached hydrogen (secondary N) is 2. The molecule has 4 aromatic rings. The maximum absolute atomic E-state index is 12.7. The first-order valence-corrected chi connectivity index (χ1v) is 10.4. The molecule has 0 aliphatic rings. The van der Waals surface area contributed by atoms with Crippen LogP contribution < -0.4 is 10.1 Å². The molecular formula is C23H16Cl2N4O4. The fourth-order valence-corrected chi connectivity index (χ4v) is 3.29. The van der Waals surface area contributed by atoms with Gasteiger partial charge in [-0.15, -0.1) is 0 Å². The predicted molar refractivity (Wildman–Crippen MR) is 126 cm³/mol. The van der Waals surface area contributed by atoms with E-state index in [0.29, 0.717) is 21.5 Å². The van der Waals surface area contributed by atoms with E-state index in [2.05, 4.69) is 15.5 Å². The number of aryl methyl sites for hydroxylation is 1. The van der Waals surface area contributed by atoms with E-state index in [1.165, 1.54) is 18.2 Å². The molecule has 4 rings (SSSR count). The van der Waals surface area contributed by atoms with E-state index in [0.717, 1.165) is 11.1 Å². The van der Waals surface area contributed by atoms with E-state index in [-0.39, 0.29) is 22.8 Å². The van der Waals surface area contributed by atoms with E-state index in [1.54, 1.807) is 48.5 Å². The number of nitro benzene ring substituents is 1. The maximum Gasteiger partial charge on any atom is 0.275 e. The first-order valence-electron chi connectivity index (χ1n) is 9.65. The van der Waals surface area contributed by atoms with Crippen molar-refractivity contribution in [1.29, 1.82) is 0 Å². The predicted octanol–water partition coefficient (Wildman–Crippen LogP) is 6.64. The van der Waals surface area contributed by atoms with E-state index in [4.69, 9.17) is 27.9 Å². The number of nitro groups is 1. The lowest BCUT2D eigenvalue weighted by molar-refractivity contribution is -0.384. The SMILES string of the molecule is Cc1cc(Oc2cc(NC(=O)c3cc(-c4ccc(Cl)cc4)n[nH]3)cc([N+](=O)[O-])c2)ccc1Cl. The van der Waals surface area contributed by atoms with Gasteiger partial charge in [0.25, 0.3) is 11.6 Å². The number of carbonyl (C=O) groups excluding carboxylic acids is 1. The quantitative estimate of drug-likeness (QED) is 0.236. The number of carbonyl (C=O) groups is 1. The first-order chi connectivity index (χ1) is 15.8. The number of nitrogens with zero attached hydrogens (tertiary/aromatic N) is 2. The number of amides is 1. The number of ether oxygens (including phenoxy) is 1. The molecule has 0 aliphatic carbocycles. The smallest absolute Gasteiger partial charge is 0.275 e. The zero-order chi connectivity index (χ0) is 23.5. The second-order valence-electron chi connectivity index (χ2n) is 7.11. The number of hydrogen-bond acceptors (Lipinski definition) is 5. The Balaban J connectivity index is 1.56. The largest absolute Gasteiger partial charge is 0.457 e. The van der Waals surface area contributed by atoms with Crippen LogP contribution in [0.25, 0.3) is 11.3 Å². The van der Waals surface area contributed by atoms with Gasteiger partial charge in [-0.1, -0.05) is 35.3 Å². The van der Waals surface area contributed by atoms with E-state index in [9.17, 15) is 14.9 Å². The van der Waals surface area contributed by atoms with Crippen LogP contribution >= 0.6 is 23.2 Å². The monoisotopic (exact) mass is 482 g/mol. The van der Waals surface area contributed by atoms with Gasteiger partial charge in [-0.2, -0.15) is 5.10 Å². The molecule has 0 bridgehead atoms. The number of non-ortho nitro benzene ring substituents is 1. The molecule has 166 valence electrons. The summed E-state index contributed by atoms with van der Waals surface area (Å²) in [5.41, 5.74) is 2.26. The Bertz CT molecular complexity index is 1350. The third-order valence-electron chi connectivity index (χ3n) is 4.69. The van der Waals surface area contributed by atoms with Gasteiger partial charge in [0.15, 0.2) is 0 Å². The summed E-state index contributed by atoms with van der Waals surface area (Å²) in [6.45, 7) is 1.82. The van der Waals surface area contributed by atoms with Gasteiger partial charge in [0.2, 0.25) is 0 Å². The number of hydrogen-bond donors (Lipinski definition) is 2. The van der Waals surface area contributed by atoms with Crippen LogP contribution in [0.5, 0.6) is 11.5 Å². The van der Waals surface area contributed by atoms with Crippen molar-refractivity contribution in [3.63, 3.8) is 0 Å². The molecule has 2 N–H and O–H groups in total. The number of rotatable bonds is 6. The number of aromatic amines is 1. The van der Waals surface area contributed by atoms with E-state index >= 15 is 0 Å². The number of aromatic nitrogens is 2. The first kappa shape index (κ1) is 22.3. The number of halogens is 2. The average Bonchev–Trinajstić information content (AvgIpc) is 3.27. The Morgan fingerprint density at radius 3 is 2.48 bits per heavy atom. The summed E-state index contributed by atoms with van der Waals surface area (Å²) in [6, 6.07) is 17.6. The van der Waals surface area contributed by atoms with Crippen molar-refractivity contribution in [2.45, 2.75) is 6.92 Å². The van der Waals surface area contributed by atoms with Gasteiger partial charge < -0.3 is 10.1 Å². The molecule has 1 amide bonds. The third kappa shape index (κ3) is 5.31. The van der Waals surface area contributed by atoms with Crippen LogP contribution in [0.3, 0.4) is 0 Å². The highest BCUT2D eigenvalue weighted by Crippen LogP contribution is 2.31. The molecule has 0 radical (unpaired) electrons. The fourth-order valence-electron chi connectivity index (χ4n) is 3.04. The second-order valence-corrected chi connectivity index (χ2v) is 7.96. The summed E-state index contributed by atoms with van der Waals surface area (Å²) in [4.78, 5) is 23.5.